The van der Waals surface area contributed by atoms with Gasteiger partial charge in [-0.1, -0.05) is 0 Å². The summed E-state index contributed by atoms with van der Waals surface area (Å²) in [5.74, 6) is -0.694. The molecule has 1 fully saturated rings. The summed E-state index contributed by atoms with van der Waals surface area (Å²) < 4.78 is 0. The Kier molecular flexibility index (Phi) is 4.83. The van der Waals surface area contributed by atoms with Gasteiger partial charge in [0.1, 0.15) is 5.69 Å². The van der Waals surface area contributed by atoms with Crippen LogP contribution in [-0.2, 0) is 0 Å². The lowest BCUT2D eigenvalue weighted by Crippen LogP contribution is -2.29. The Morgan fingerprint density at radius 1 is 1.08 bits per heavy atom. The molecule has 3 rings (SSSR count). The zero-order valence-corrected chi connectivity index (χ0v) is 13.8. The van der Waals surface area contributed by atoms with Crippen molar-refractivity contribution in [3.8, 4) is 0 Å². The summed E-state index contributed by atoms with van der Waals surface area (Å²) in [6, 6.07) is 12.0. The van der Waals surface area contributed by atoms with Gasteiger partial charge in [0, 0.05) is 36.1 Å². The number of nitrogens with two attached hydrogens (primary N) is 1. The maximum Gasteiger partial charge on any atom is 0.293 e. The van der Waals surface area contributed by atoms with E-state index >= 15 is 0 Å². The van der Waals surface area contributed by atoms with Gasteiger partial charge in [0.05, 0.1) is 4.92 Å². The number of nitro groups is 1. The summed E-state index contributed by atoms with van der Waals surface area (Å²) >= 11 is 0. The highest BCUT2D eigenvalue weighted by Crippen LogP contribution is 2.30. The summed E-state index contributed by atoms with van der Waals surface area (Å²) in [6.07, 6.45) is 3.69. The molecule has 2 aromatic rings. The molecule has 1 aliphatic rings. The van der Waals surface area contributed by atoms with Crippen LogP contribution in [0.15, 0.2) is 42.5 Å². The number of carbonyl (C=O) groups excluding carboxylic acids is 1. The summed E-state index contributed by atoms with van der Waals surface area (Å²) in [4.78, 5) is 24.3. The van der Waals surface area contributed by atoms with Gasteiger partial charge in [-0.15, -0.1) is 0 Å². The van der Waals surface area contributed by atoms with Crippen molar-refractivity contribution in [2.24, 2.45) is 5.73 Å². The summed E-state index contributed by atoms with van der Waals surface area (Å²) in [6.45, 7) is 2.12. The second-order valence-corrected chi connectivity index (χ2v) is 6.07. The van der Waals surface area contributed by atoms with Gasteiger partial charge < -0.3 is 16.0 Å². The lowest BCUT2D eigenvalue weighted by Gasteiger charge is -2.28. The third-order valence-electron chi connectivity index (χ3n) is 4.35. The Balaban J connectivity index is 1.79. The average molecular weight is 340 g/mol. The second kappa shape index (κ2) is 7.21. The summed E-state index contributed by atoms with van der Waals surface area (Å²) in [5, 5.41) is 14.3. The van der Waals surface area contributed by atoms with Gasteiger partial charge in [-0.05, 0) is 55.7 Å². The van der Waals surface area contributed by atoms with E-state index in [0.29, 0.717) is 5.69 Å². The lowest BCUT2D eigenvalue weighted by atomic mass is 10.1. The van der Waals surface area contributed by atoms with Crippen LogP contribution in [0.4, 0.5) is 22.7 Å². The first-order chi connectivity index (χ1) is 12.0. The molecule has 0 aliphatic carbocycles. The number of benzene rings is 2. The maximum absolute atomic E-state index is 11.3. The van der Waals surface area contributed by atoms with Crippen molar-refractivity contribution in [1.82, 2.24) is 0 Å². The molecule has 3 N–H and O–H groups in total. The fourth-order valence-corrected chi connectivity index (χ4v) is 3.00. The van der Waals surface area contributed by atoms with Gasteiger partial charge in [-0.3, -0.25) is 14.9 Å². The van der Waals surface area contributed by atoms with Gasteiger partial charge >= 0.3 is 0 Å². The highest BCUT2D eigenvalue weighted by molar-refractivity contribution is 5.94. The monoisotopic (exact) mass is 340 g/mol. The van der Waals surface area contributed by atoms with E-state index in [-0.39, 0.29) is 11.3 Å². The molecule has 130 valence electrons. The second-order valence-electron chi connectivity index (χ2n) is 6.07. The molecule has 0 bridgehead atoms. The number of anilines is 3. The fourth-order valence-electron chi connectivity index (χ4n) is 3.00. The van der Waals surface area contributed by atoms with Gasteiger partial charge in [0.15, 0.2) is 0 Å². The van der Waals surface area contributed by atoms with Crippen molar-refractivity contribution >= 4 is 28.7 Å². The molecule has 0 unspecified atom stereocenters. The van der Waals surface area contributed by atoms with Crippen molar-refractivity contribution in [2.45, 2.75) is 19.3 Å². The minimum Gasteiger partial charge on any atom is -0.372 e. The topological polar surface area (TPSA) is 102 Å². The molecule has 0 aromatic heterocycles. The molecule has 1 saturated heterocycles. The molecular weight excluding hydrogens is 320 g/mol. The number of carbonyl (C=O) groups is 1. The van der Waals surface area contributed by atoms with Crippen molar-refractivity contribution in [3.05, 3.63) is 58.1 Å². The van der Waals surface area contributed by atoms with E-state index in [0.717, 1.165) is 24.5 Å². The molecule has 0 spiro atoms. The van der Waals surface area contributed by atoms with Crippen molar-refractivity contribution in [3.63, 3.8) is 0 Å². The third kappa shape index (κ3) is 3.88. The number of nitrogens with one attached hydrogen (secondary N) is 1. The number of nitro benzene ring substituents is 1. The SMILES string of the molecule is NC(=O)c1ccc(Nc2ccc(N3CCCCC3)cc2)c([N+](=O)[O-])c1. The zero-order valence-electron chi connectivity index (χ0n) is 13.8. The first-order valence-electron chi connectivity index (χ1n) is 8.25. The Morgan fingerprint density at radius 3 is 2.36 bits per heavy atom. The molecule has 1 aliphatic heterocycles. The number of nitrogens with zero attached hydrogens (tertiary/aromatic N) is 2. The van der Waals surface area contributed by atoms with E-state index in [2.05, 4.69) is 10.2 Å². The van der Waals surface area contributed by atoms with Crippen LogP contribution in [0.25, 0.3) is 0 Å². The zero-order chi connectivity index (χ0) is 17.8. The lowest BCUT2D eigenvalue weighted by molar-refractivity contribution is -0.383. The molecule has 7 heteroatoms. The number of piperidine rings is 1. The Bertz CT molecular complexity index is 783. The number of primary amides is 1. The number of amides is 1. The van der Waals surface area contributed by atoms with E-state index in [4.69, 9.17) is 5.73 Å². The van der Waals surface area contributed by atoms with Crippen LogP contribution in [0.2, 0.25) is 0 Å². The standard InChI is InChI=1S/C18H20N4O3/c19-18(23)13-4-9-16(17(12-13)22(24)25)20-14-5-7-15(8-6-14)21-10-2-1-3-11-21/h4-9,12,20H,1-3,10-11H2,(H2,19,23). The van der Waals surface area contributed by atoms with Crippen LogP contribution < -0.4 is 16.0 Å². The quantitative estimate of drug-likeness (QED) is 0.641. The Labute approximate surface area is 145 Å². The molecule has 25 heavy (non-hydrogen) atoms. The first kappa shape index (κ1) is 16.8. The largest absolute Gasteiger partial charge is 0.372 e. The first-order valence-corrected chi connectivity index (χ1v) is 8.25. The van der Waals surface area contributed by atoms with Crippen LogP contribution in [0.1, 0.15) is 29.6 Å². The minimum atomic E-state index is -0.694. The highest BCUT2D eigenvalue weighted by atomic mass is 16.6. The van der Waals surface area contributed by atoms with Gasteiger partial charge in [0.2, 0.25) is 5.91 Å². The summed E-state index contributed by atoms with van der Waals surface area (Å²) in [5.41, 5.74) is 7.33. The predicted octanol–water partition coefficient (Wildman–Crippen LogP) is 3.43. The molecule has 1 amide bonds. The van der Waals surface area contributed by atoms with Crippen molar-refractivity contribution in [2.75, 3.05) is 23.3 Å². The van der Waals surface area contributed by atoms with Gasteiger partial charge in [-0.2, -0.15) is 0 Å². The molecular formula is C18H20N4O3. The average Bonchev–Trinajstić information content (AvgIpc) is 2.63. The number of rotatable bonds is 5. The molecule has 2 aromatic carbocycles. The van der Waals surface area contributed by atoms with Crippen LogP contribution in [0.3, 0.4) is 0 Å². The van der Waals surface area contributed by atoms with Crippen LogP contribution in [-0.4, -0.2) is 23.9 Å². The van der Waals surface area contributed by atoms with Gasteiger partial charge in [0.25, 0.3) is 5.69 Å². The predicted molar refractivity (Wildman–Crippen MR) is 97.4 cm³/mol. The van der Waals surface area contributed by atoms with Crippen molar-refractivity contribution in [1.29, 1.82) is 0 Å². The third-order valence-corrected chi connectivity index (χ3v) is 4.35. The number of hydrogen-bond donors (Lipinski definition) is 2. The molecule has 7 nitrogen and oxygen atoms in total. The van der Waals surface area contributed by atoms with Crippen LogP contribution in [0.5, 0.6) is 0 Å². The van der Waals surface area contributed by atoms with Gasteiger partial charge in [-0.25, -0.2) is 0 Å². The van der Waals surface area contributed by atoms with E-state index < -0.39 is 10.8 Å². The smallest absolute Gasteiger partial charge is 0.293 e. The Morgan fingerprint density at radius 2 is 1.76 bits per heavy atom. The van der Waals surface area contributed by atoms with E-state index in [1.807, 2.05) is 24.3 Å². The summed E-state index contributed by atoms with van der Waals surface area (Å²) in [7, 11) is 0. The maximum atomic E-state index is 11.3. The highest BCUT2D eigenvalue weighted by Gasteiger charge is 2.17. The Hall–Kier alpha value is -3.09. The van der Waals surface area contributed by atoms with E-state index in [9.17, 15) is 14.9 Å². The minimum absolute atomic E-state index is 0.109. The van der Waals surface area contributed by atoms with Crippen LogP contribution in [0, 0.1) is 10.1 Å². The molecule has 0 saturated carbocycles. The molecule has 1 heterocycles. The number of hydrogen-bond acceptors (Lipinski definition) is 5. The van der Waals surface area contributed by atoms with E-state index in [1.165, 1.54) is 37.5 Å². The van der Waals surface area contributed by atoms with E-state index in [1.54, 1.807) is 0 Å². The molecule has 0 atom stereocenters. The fraction of sp³-hybridized carbons (Fsp3) is 0.278. The van der Waals surface area contributed by atoms with Crippen LogP contribution >= 0.6 is 0 Å². The molecule has 0 radical (unpaired) electrons. The normalized spacial score (nSPS) is 14.2. The van der Waals surface area contributed by atoms with Crippen molar-refractivity contribution < 1.29 is 9.72 Å².